The molecule has 0 aliphatic heterocycles. The summed E-state index contributed by atoms with van der Waals surface area (Å²) in [4.78, 5) is 0. The summed E-state index contributed by atoms with van der Waals surface area (Å²) < 4.78 is 26.3. The van der Waals surface area contributed by atoms with Crippen LogP contribution in [0.5, 0.6) is 0 Å². The fourth-order valence-corrected chi connectivity index (χ4v) is 1.92. The molecule has 0 fully saturated rings. The molecule has 0 unspecified atom stereocenters. The summed E-state index contributed by atoms with van der Waals surface area (Å²) in [6, 6.07) is 4.65. The Hall–Kier alpha value is -0.520. The summed E-state index contributed by atoms with van der Waals surface area (Å²) in [7, 11) is 0. The second-order valence-corrected chi connectivity index (χ2v) is 3.94. The van der Waals surface area contributed by atoms with Crippen LogP contribution in [-0.4, -0.2) is 0 Å². The lowest BCUT2D eigenvalue weighted by Crippen LogP contribution is -2.21. The lowest BCUT2D eigenvalue weighted by molar-refractivity contribution is 0.0167. The molecule has 5 heteroatoms. The van der Waals surface area contributed by atoms with E-state index in [0.29, 0.717) is 11.0 Å². The molecule has 14 heavy (non-hydrogen) atoms. The van der Waals surface area contributed by atoms with Crippen molar-refractivity contribution in [2.24, 2.45) is 5.84 Å². The van der Waals surface area contributed by atoms with E-state index in [4.69, 9.17) is 5.84 Å². The first-order valence-electron chi connectivity index (χ1n) is 4.05. The van der Waals surface area contributed by atoms with Gasteiger partial charge in [-0.15, -0.1) is 0 Å². The van der Waals surface area contributed by atoms with Crippen molar-refractivity contribution in [3.05, 3.63) is 33.8 Å². The van der Waals surface area contributed by atoms with Crippen molar-refractivity contribution < 1.29 is 8.78 Å². The van der Waals surface area contributed by atoms with Crippen LogP contribution in [0.4, 0.5) is 8.78 Å². The highest BCUT2D eigenvalue weighted by Crippen LogP contribution is 2.33. The molecule has 0 spiro atoms. The molecule has 0 aromatic heterocycles. The lowest BCUT2D eigenvalue weighted by atomic mass is 10.1. The van der Waals surface area contributed by atoms with Crippen molar-refractivity contribution in [2.75, 3.05) is 0 Å². The van der Waals surface area contributed by atoms with Crippen LogP contribution in [0.15, 0.2) is 22.7 Å². The maximum atomic E-state index is 13.0. The van der Waals surface area contributed by atoms with Crippen molar-refractivity contribution >= 4 is 15.9 Å². The van der Waals surface area contributed by atoms with E-state index in [-0.39, 0.29) is 5.56 Å². The predicted octanol–water partition coefficient (Wildman–Crippen LogP) is 2.52. The van der Waals surface area contributed by atoms with Crippen LogP contribution in [0.3, 0.4) is 0 Å². The van der Waals surface area contributed by atoms with Gasteiger partial charge in [0.15, 0.2) is 0 Å². The topological polar surface area (TPSA) is 38.0 Å². The van der Waals surface area contributed by atoms with E-state index in [0.717, 1.165) is 12.5 Å². The molecule has 3 N–H and O–H groups in total. The number of hydrogen-bond acceptors (Lipinski definition) is 2. The Bertz CT molecular complexity index is 323. The van der Waals surface area contributed by atoms with Crippen molar-refractivity contribution in [3.63, 3.8) is 0 Å². The zero-order valence-electron chi connectivity index (χ0n) is 7.65. The van der Waals surface area contributed by atoms with Gasteiger partial charge in [0.2, 0.25) is 0 Å². The average Bonchev–Trinajstić information content (AvgIpc) is 2.02. The molecular weight excluding hydrogens is 254 g/mol. The van der Waals surface area contributed by atoms with Crippen LogP contribution in [0.2, 0.25) is 0 Å². The minimum atomic E-state index is -2.83. The minimum Gasteiger partial charge on any atom is -0.271 e. The molecule has 0 atom stereocenters. The van der Waals surface area contributed by atoms with Gasteiger partial charge in [0, 0.05) is 23.5 Å². The van der Waals surface area contributed by atoms with E-state index in [1.165, 1.54) is 6.07 Å². The summed E-state index contributed by atoms with van der Waals surface area (Å²) in [6.45, 7) is 1.32. The van der Waals surface area contributed by atoms with E-state index < -0.39 is 5.92 Å². The summed E-state index contributed by atoms with van der Waals surface area (Å²) >= 11 is 3.10. The van der Waals surface area contributed by atoms with Gasteiger partial charge in [0.25, 0.3) is 5.92 Å². The third-order valence-corrected chi connectivity index (χ3v) is 2.47. The van der Waals surface area contributed by atoms with Gasteiger partial charge in [-0.1, -0.05) is 28.1 Å². The van der Waals surface area contributed by atoms with Gasteiger partial charge in [-0.25, -0.2) is 8.78 Å². The van der Waals surface area contributed by atoms with Crippen LogP contribution in [0.25, 0.3) is 0 Å². The second-order valence-electron chi connectivity index (χ2n) is 3.08. The Balaban J connectivity index is 3.02. The predicted molar refractivity (Wildman–Crippen MR) is 54.7 cm³/mol. The van der Waals surface area contributed by atoms with Crippen molar-refractivity contribution in [2.45, 2.75) is 19.4 Å². The molecule has 0 bridgehead atoms. The Labute approximate surface area is 89.6 Å². The van der Waals surface area contributed by atoms with E-state index in [1.54, 1.807) is 12.1 Å². The van der Waals surface area contributed by atoms with Gasteiger partial charge >= 0.3 is 0 Å². The molecule has 1 aromatic carbocycles. The lowest BCUT2D eigenvalue weighted by Gasteiger charge is -2.13. The number of benzene rings is 1. The maximum Gasteiger partial charge on any atom is 0.271 e. The molecule has 1 aromatic rings. The largest absolute Gasteiger partial charge is 0.271 e. The number of halogens is 3. The second kappa shape index (κ2) is 4.33. The fourth-order valence-electron chi connectivity index (χ4n) is 1.14. The molecule has 0 aliphatic rings. The van der Waals surface area contributed by atoms with Gasteiger partial charge in [-0.05, 0) is 11.6 Å². The maximum absolute atomic E-state index is 13.0. The van der Waals surface area contributed by atoms with Gasteiger partial charge in [-0.3, -0.25) is 11.3 Å². The van der Waals surface area contributed by atoms with Crippen molar-refractivity contribution in [1.82, 2.24) is 5.43 Å². The van der Waals surface area contributed by atoms with Crippen LogP contribution < -0.4 is 11.3 Å². The number of nitrogens with two attached hydrogens (primary N) is 1. The molecule has 0 amide bonds. The molecule has 0 saturated carbocycles. The zero-order chi connectivity index (χ0) is 10.8. The highest BCUT2D eigenvalue weighted by molar-refractivity contribution is 9.10. The van der Waals surface area contributed by atoms with Gasteiger partial charge < -0.3 is 0 Å². The van der Waals surface area contributed by atoms with Gasteiger partial charge in [0.05, 0.1) is 0 Å². The first-order chi connectivity index (χ1) is 6.45. The minimum absolute atomic E-state index is 0.0155. The Morgan fingerprint density at radius 3 is 2.57 bits per heavy atom. The van der Waals surface area contributed by atoms with Gasteiger partial charge in [0.1, 0.15) is 0 Å². The number of nitrogens with one attached hydrogen (secondary N) is 1. The number of hydrogen-bond donors (Lipinski definition) is 2. The summed E-state index contributed by atoms with van der Waals surface area (Å²) in [5.74, 6) is 2.30. The van der Waals surface area contributed by atoms with Gasteiger partial charge in [-0.2, -0.15) is 0 Å². The van der Waals surface area contributed by atoms with Crippen molar-refractivity contribution in [1.29, 1.82) is 0 Å². The Kier molecular flexibility index (Phi) is 3.58. The quantitative estimate of drug-likeness (QED) is 0.651. The molecule has 0 saturated heterocycles. The summed E-state index contributed by atoms with van der Waals surface area (Å²) in [5.41, 5.74) is 3.30. The van der Waals surface area contributed by atoms with Crippen molar-refractivity contribution in [3.8, 4) is 0 Å². The molecule has 0 radical (unpaired) electrons. The van der Waals surface area contributed by atoms with Crippen LogP contribution in [-0.2, 0) is 12.5 Å². The standard InChI is InChI=1S/C9H11BrF2N2/c1-9(11,12)7-3-2-6(5-14-13)4-8(7)10/h2-4,14H,5,13H2,1H3. The zero-order valence-corrected chi connectivity index (χ0v) is 9.24. The first-order valence-corrected chi connectivity index (χ1v) is 4.84. The molecule has 1 rings (SSSR count). The normalized spacial score (nSPS) is 11.8. The third kappa shape index (κ3) is 2.73. The smallest absolute Gasteiger partial charge is 0.271 e. The number of alkyl halides is 2. The highest BCUT2D eigenvalue weighted by Gasteiger charge is 2.26. The van der Waals surface area contributed by atoms with E-state index in [9.17, 15) is 8.78 Å². The molecule has 78 valence electrons. The molecule has 0 heterocycles. The third-order valence-electron chi connectivity index (χ3n) is 1.81. The Morgan fingerprint density at radius 2 is 2.14 bits per heavy atom. The molecular formula is C9H11BrF2N2. The number of rotatable bonds is 3. The fraction of sp³-hybridized carbons (Fsp3) is 0.333. The number of hydrazine groups is 1. The highest BCUT2D eigenvalue weighted by atomic mass is 79.9. The molecule has 2 nitrogen and oxygen atoms in total. The first kappa shape index (κ1) is 11.6. The Morgan fingerprint density at radius 1 is 1.50 bits per heavy atom. The van der Waals surface area contributed by atoms with Crippen LogP contribution >= 0.6 is 15.9 Å². The molecule has 0 aliphatic carbocycles. The van der Waals surface area contributed by atoms with E-state index in [1.807, 2.05) is 0 Å². The van der Waals surface area contributed by atoms with Crippen LogP contribution in [0, 0.1) is 0 Å². The summed E-state index contributed by atoms with van der Waals surface area (Å²) in [5, 5.41) is 0. The summed E-state index contributed by atoms with van der Waals surface area (Å²) in [6.07, 6.45) is 0. The van der Waals surface area contributed by atoms with E-state index in [2.05, 4.69) is 21.4 Å². The van der Waals surface area contributed by atoms with Crippen LogP contribution in [0.1, 0.15) is 18.1 Å². The van der Waals surface area contributed by atoms with E-state index >= 15 is 0 Å². The SMILES string of the molecule is CC(F)(F)c1ccc(CNN)cc1Br. The average molecular weight is 265 g/mol. The monoisotopic (exact) mass is 264 g/mol.